The van der Waals surface area contributed by atoms with Crippen LogP contribution < -0.4 is 11.1 Å². The second-order valence-corrected chi connectivity index (χ2v) is 3.76. The van der Waals surface area contributed by atoms with Crippen LogP contribution in [0.15, 0.2) is 24.3 Å². The monoisotopic (exact) mass is 246 g/mol. The molecule has 1 amide bonds. The summed E-state index contributed by atoms with van der Waals surface area (Å²) in [5, 5.41) is 2.74. The number of halogens is 3. The van der Waals surface area contributed by atoms with Gasteiger partial charge in [0.2, 0.25) is 5.91 Å². The summed E-state index contributed by atoms with van der Waals surface area (Å²) in [7, 11) is 0. The van der Waals surface area contributed by atoms with Gasteiger partial charge in [0.25, 0.3) is 0 Å². The zero-order valence-corrected chi connectivity index (χ0v) is 9.21. The fourth-order valence-electron chi connectivity index (χ4n) is 1.18. The Hall–Kier alpha value is -1.72. The molecule has 0 aliphatic carbocycles. The zero-order valence-electron chi connectivity index (χ0n) is 9.21. The van der Waals surface area contributed by atoms with Gasteiger partial charge in [-0.05, 0) is 18.2 Å². The highest BCUT2D eigenvalue weighted by Crippen LogP contribution is 2.30. The minimum atomic E-state index is -4.37. The third-order valence-electron chi connectivity index (χ3n) is 2.29. The summed E-state index contributed by atoms with van der Waals surface area (Å²) in [4.78, 5) is 10.7. The topological polar surface area (TPSA) is 55.1 Å². The van der Waals surface area contributed by atoms with Gasteiger partial charge in [0, 0.05) is 12.2 Å². The Morgan fingerprint density at radius 3 is 2.65 bits per heavy atom. The van der Waals surface area contributed by atoms with Crippen molar-refractivity contribution < 1.29 is 18.0 Å². The van der Waals surface area contributed by atoms with Gasteiger partial charge in [0.1, 0.15) is 0 Å². The molecule has 1 aromatic rings. The van der Waals surface area contributed by atoms with Gasteiger partial charge in [-0.1, -0.05) is 13.0 Å². The number of nitrogens with one attached hydrogen (secondary N) is 1. The second kappa shape index (κ2) is 5.07. The van der Waals surface area contributed by atoms with E-state index in [0.717, 1.165) is 12.1 Å². The lowest BCUT2D eigenvalue weighted by atomic mass is 10.1. The van der Waals surface area contributed by atoms with Crippen molar-refractivity contribution in [3.8, 4) is 0 Å². The number of carbonyl (C=O) groups excluding carboxylic acids is 1. The normalized spacial score (nSPS) is 13.2. The number of carbonyl (C=O) groups is 1. The van der Waals surface area contributed by atoms with E-state index in [0.29, 0.717) is 5.69 Å². The van der Waals surface area contributed by atoms with Gasteiger partial charge in [-0.15, -0.1) is 0 Å². The maximum absolute atomic E-state index is 12.4. The highest BCUT2D eigenvalue weighted by Gasteiger charge is 2.30. The van der Waals surface area contributed by atoms with Crippen LogP contribution in [0, 0.1) is 5.92 Å². The van der Waals surface area contributed by atoms with E-state index in [-0.39, 0.29) is 6.54 Å². The van der Waals surface area contributed by atoms with E-state index in [2.05, 4.69) is 5.32 Å². The van der Waals surface area contributed by atoms with E-state index >= 15 is 0 Å². The molecule has 3 nitrogen and oxygen atoms in total. The maximum atomic E-state index is 12.4. The van der Waals surface area contributed by atoms with E-state index in [4.69, 9.17) is 5.73 Å². The smallest absolute Gasteiger partial charge is 0.384 e. The molecule has 3 N–H and O–H groups in total. The second-order valence-electron chi connectivity index (χ2n) is 3.76. The van der Waals surface area contributed by atoms with Crippen LogP contribution in [0.5, 0.6) is 0 Å². The molecule has 0 saturated carbocycles. The molecule has 0 fully saturated rings. The van der Waals surface area contributed by atoms with E-state index in [1.807, 2.05) is 0 Å². The van der Waals surface area contributed by atoms with Crippen molar-refractivity contribution in [3.63, 3.8) is 0 Å². The van der Waals surface area contributed by atoms with Gasteiger partial charge in [0.15, 0.2) is 0 Å². The Balaban J connectivity index is 2.70. The number of hydrogen-bond acceptors (Lipinski definition) is 2. The van der Waals surface area contributed by atoms with Crippen molar-refractivity contribution in [2.45, 2.75) is 13.1 Å². The molecule has 0 aromatic heterocycles. The molecule has 6 heteroatoms. The van der Waals surface area contributed by atoms with E-state index < -0.39 is 23.6 Å². The first-order chi connectivity index (χ1) is 7.80. The lowest BCUT2D eigenvalue weighted by Crippen LogP contribution is -2.26. The van der Waals surface area contributed by atoms with Crippen LogP contribution in [0.3, 0.4) is 0 Å². The number of hydrogen-bond donors (Lipinski definition) is 2. The highest BCUT2D eigenvalue weighted by molar-refractivity contribution is 5.76. The van der Waals surface area contributed by atoms with Crippen molar-refractivity contribution in [2.24, 2.45) is 11.7 Å². The number of amides is 1. The SMILES string of the molecule is CC(CNc1cccc(C(F)(F)F)c1)C(N)=O. The van der Waals surface area contributed by atoms with Gasteiger partial charge >= 0.3 is 6.18 Å². The summed E-state index contributed by atoms with van der Waals surface area (Å²) in [5.74, 6) is -0.936. The van der Waals surface area contributed by atoms with Gasteiger partial charge in [-0.2, -0.15) is 13.2 Å². The lowest BCUT2D eigenvalue weighted by Gasteiger charge is -2.12. The molecule has 1 atom stereocenters. The molecule has 0 aliphatic heterocycles. The molecule has 94 valence electrons. The van der Waals surface area contributed by atoms with Crippen LogP contribution in [-0.2, 0) is 11.0 Å². The number of anilines is 1. The van der Waals surface area contributed by atoms with Crippen LogP contribution in [0.25, 0.3) is 0 Å². The van der Waals surface area contributed by atoms with E-state index in [1.165, 1.54) is 12.1 Å². The Labute approximate surface area is 96.8 Å². The Kier molecular flexibility index (Phi) is 3.98. The van der Waals surface area contributed by atoms with Gasteiger partial charge < -0.3 is 11.1 Å². The van der Waals surface area contributed by atoms with Crippen molar-refractivity contribution in [3.05, 3.63) is 29.8 Å². The highest BCUT2D eigenvalue weighted by atomic mass is 19.4. The molecule has 0 spiro atoms. The van der Waals surface area contributed by atoms with Crippen molar-refractivity contribution >= 4 is 11.6 Å². The minimum absolute atomic E-state index is 0.205. The first-order valence-electron chi connectivity index (χ1n) is 5.01. The number of nitrogens with two attached hydrogens (primary N) is 1. The molecule has 0 bridgehead atoms. The van der Waals surface area contributed by atoms with Crippen LogP contribution in [0.2, 0.25) is 0 Å². The Morgan fingerprint density at radius 2 is 2.12 bits per heavy atom. The van der Waals surface area contributed by atoms with Gasteiger partial charge in [0.05, 0.1) is 11.5 Å². The van der Waals surface area contributed by atoms with Gasteiger partial charge in [-0.3, -0.25) is 4.79 Å². The molecular formula is C11H13F3N2O. The van der Waals surface area contributed by atoms with Crippen LogP contribution in [-0.4, -0.2) is 12.5 Å². The molecular weight excluding hydrogens is 233 g/mol. The molecule has 0 aliphatic rings. The zero-order chi connectivity index (χ0) is 13.1. The summed E-state index contributed by atoms with van der Waals surface area (Å²) in [5.41, 5.74) is 4.63. The maximum Gasteiger partial charge on any atom is 0.416 e. The standard InChI is InChI=1S/C11H13F3N2O/c1-7(10(15)17)6-16-9-4-2-3-8(5-9)11(12,13)14/h2-5,7,16H,6H2,1H3,(H2,15,17). The number of alkyl halides is 3. The number of primary amides is 1. The van der Waals surface area contributed by atoms with Crippen LogP contribution in [0.1, 0.15) is 12.5 Å². The number of rotatable bonds is 4. The average molecular weight is 246 g/mol. The summed E-state index contributed by atoms with van der Waals surface area (Å²) in [6.45, 7) is 1.81. The fraction of sp³-hybridized carbons (Fsp3) is 0.364. The predicted octanol–water partition coefficient (Wildman–Crippen LogP) is 2.24. The van der Waals surface area contributed by atoms with Crippen molar-refractivity contribution in [1.82, 2.24) is 0 Å². The third-order valence-corrected chi connectivity index (χ3v) is 2.29. The molecule has 1 unspecified atom stereocenters. The molecule has 0 radical (unpaired) electrons. The summed E-state index contributed by atoms with van der Waals surface area (Å²) in [6, 6.07) is 4.79. The average Bonchev–Trinajstić information content (AvgIpc) is 2.25. The van der Waals surface area contributed by atoms with Gasteiger partial charge in [-0.25, -0.2) is 0 Å². The number of benzene rings is 1. The van der Waals surface area contributed by atoms with Crippen molar-refractivity contribution in [2.75, 3.05) is 11.9 Å². The predicted molar refractivity (Wildman–Crippen MR) is 58.3 cm³/mol. The largest absolute Gasteiger partial charge is 0.416 e. The third kappa shape index (κ3) is 3.97. The van der Waals surface area contributed by atoms with E-state index in [1.54, 1.807) is 6.92 Å². The molecule has 1 rings (SSSR count). The Morgan fingerprint density at radius 1 is 1.47 bits per heavy atom. The Bertz CT molecular complexity index is 404. The minimum Gasteiger partial charge on any atom is -0.384 e. The first kappa shape index (κ1) is 13.3. The van der Waals surface area contributed by atoms with E-state index in [9.17, 15) is 18.0 Å². The molecule has 17 heavy (non-hydrogen) atoms. The summed E-state index contributed by atoms with van der Waals surface area (Å²) >= 11 is 0. The summed E-state index contributed by atoms with van der Waals surface area (Å²) in [6.07, 6.45) is -4.37. The summed E-state index contributed by atoms with van der Waals surface area (Å²) < 4.78 is 37.2. The molecule has 0 saturated heterocycles. The molecule has 1 aromatic carbocycles. The van der Waals surface area contributed by atoms with Crippen LogP contribution >= 0.6 is 0 Å². The van der Waals surface area contributed by atoms with Crippen LogP contribution in [0.4, 0.5) is 18.9 Å². The molecule has 0 heterocycles. The quantitative estimate of drug-likeness (QED) is 0.856. The lowest BCUT2D eigenvalue weighted by molar-refractivity contribution is -0.137. The first-order valence-corrected chi connectivity index (χ1v) is 5.01. The fourth-order valence-corrected chi connectivity index (χ4v) is 1.18. The van der Waals surface area contributed by atoms with Crippen molar-refractivity contribution in [1.29, 1.82) is 0 Å².